The first-order chi connectivity index (χ1) is 13.7. The molecule has 7 nitrogen and oxygen atoms in total. The molecule has 0 bridgehead atoms. The Labute approximate surface area is 173 Å². The predicted molar refractivity (Wildman–Crippen MR) is 112 cm³/mol. The molecule has 1 heterocycles. The maximum Gasteiger partial charge on any atom is 0.412 e. The Hall–Kier alpha value is -2.93. The summed E-state index contributed by atoms with van der Waals surface area (Å²) < 4.78 is 6.98. The number of carboxylic acids is 1. The van der Waals surface area contributed by atoms with E-state index in [-0.39, 0.29) is 12.8 Å². The van der Waals surface area contributed by atoms with Crippen LogP contribution in [0.4, 0.5) is 4.79 Å². The SMILES string of the molecule is C=C/C=C\C=C(/C)C[C@H](C)NC(=O)OC[n+]1ccc(CN(C)[C@@H](C)C(=O)O)cc1. The molecular formula is C22H32N3O4+. The number of carbonyl (C=O) groups excluding carboxylic acids is 1. The second kappa shape index (κ2) is 12.5. The zero-order valence-corrected chi connectivity index (χ0v) is 17.7. The third kappa shape index (κ3) is 9.71. The summed E-state index contributed by atoms with van der Waals surface area (Å²) in [7, 11) is 1.76. The Morgan fingerprint density at radius 2 is 1.97 bits per heavy atom. The summed E-state index contributed by atoms with van der Waals surface area (Å²) in [6, 6.07) is 3.14. The van der Waals surface area contributed by atoms with E-state index in [1.165, 1.54) is 0 Å². The first-order valence-electron chi connectivity index (χ1n) is 9.52. The molecule has 0 fully saturated rings. The highest BCUT2D eigenvalue weighted by Gasteiger charge is 2.17. The van der Waals surface area contributed by atoms with Crippen LogP contribution in [0.15, 0.2) is 61.0 Å². The maximum absolute atomic E-state index is 12.0. The number of rotatable bonds is 11. The molecule has 0 aliphatic rings. The largest absolute Gasteiger partial charge is 0.480 e. The Morgan fingerprint density at radius 3 is 2.55 bits per heavy atom. The average Bonchev–Trinajstić information content (AvgIpc) is 2.66. The highest BCUT2D eigenvalue weighted by atomic mass is 16.6. The van der Waals surface area contributed by atoms with Crippen molar-refractivity contribution in [3.8, 4) is 0 Å². The van der Waals surface area contributed by atoms with Gasteiger partial charge in [0.1, 0.15) is 6.04 Å². The minimum Gasteiger partial charge on any atom is -0.480 e. The topological polar surface area (TPSA) is 82.8 Å². The number of pyridine rings is 1. The Bertz CT molecular complexity index is 741. The first-order valence-corrected chi connectivity index (χ1v) is 9.52. The normalized spacial score (nSPS) is 13.9. The fraction of sp³-hybridized carbons (Fsp3) is 0.409. The molecule has 1 rings (SSSR count). The number of nitrogens with one attached hydrogen (secondary N) is 1. The monoisotopic (exact) mass is 402 g/mol. The number of amides is 1. The van der Waals surface area contributed by atoms with Crippen molar-refractivity contribution in [2.45, 2.75) is 52.6 Å². The molecule has 29 heavy (non-hydrogen) atoms. The van der Waals surface area contributed by atoms with Crippen molar-refractivity contribution in [2.24, 2.45) is 0 Å². The number of alkyl carbamates (subject to hydrolysis) is 1. The molecule has 0 spiro atoms. The smallest absolute Gasteiger partial charge is 0.412 e. The molecule has 0 aliphatic heterocycles. The summed E-state index contributed by atoms with van der Waals surface area (Å²) in [4.78, 5) is 24.7. The van der Waals surface area contributed by atoms with Crippen LogP contribution in [0.3, 0.4) is 0 Å². The molecule has 0 aliphatic carbocycles. The second-order valence-corrected chi connectivity index (χ2v) is 7.09. The van der Waals surface area contributed by atoms with E-state index in [1.807, 2.05) is 44.2 Å². The second-order valence-electron chi connectivity index (χ2n) is 7.09. The van der Waals surface area contributed by atoms with Crippen molar-refractivity contribution in [1.82, 2.24) is 10.2 Å². The summed E-state index contributed by atoms with van der Waals surface area (Å²) in [6.45, 7) is 9.80. The average molecular weight is 403 g/mol. The third-order valence-corrected chi connectivity index (χ3v) is 4.38. The van der Waals surface area contributed by atoms with Crippen LogP contribution in [0.25, 0.3) is 0 Å². The van der Waals surface area contributed by atoms with Gasteiger partial charge in [-0.1, -0.05) is 36.5 Å². The number of hydrogen-bond acceptors (Lipinski definition) is 4. The summed E-state index contributed by atoms with van der Waals surface area (Å²) in [5, 5.41) is 11.9. The van der Waals surface area contributed by atoms with E-state index < -0.39 is 18.1 Å². The summed E-state index contributed by atoms with van der Waals surface area (Å²) in [5.41, 5.74) is 2.12. The first kappa shape index (κ1) is 24.1. The molecule has 0 saturated carbocycles. The molecular weight excluding hydrogens is 370 g/mol. The van der Waals surface area contributed by atoms with Crippen LogP contribution < -0.4 is 9.88 Å². The van der Waals surface area contributed by atoms with Crippen LogP contribution >= 0.6 is 0 Å². The minimum absolute atomic E-state index is 0.0463. The van der Waals surface area contributed by atoms with E-state index >= 15 is 0 Å². The van der Waals surface area contributed by atoms with Gasteiger partial charge in [0.15, 0.2) is 12.4 Å². The third-order valence-electron chi connectivity index (χ3n) is 4.38. The van der Waals surface area contributed by atoms with Gasteiger partial charge in [-0.05, 0) is 39.8 Å². The Balaban J connectivity index is 2.44. The number of allylic oxidation sites excluding steroid dienone is 4. The zero-order chi connectivity index (χ0) is 21.8. The van der Waals surface area contributed by atoms with E-state index in [0.29, 0.717) is 6.54 Å². The van der Waals surface area contributed by atoms with Crippen molar-refractivity contribution in [3.05, 3.63) is 66.5 Å². The van der Waals surface area contributed by atoms with Crippen molar-refractivity contribution < 1.29 is 24.0 Å². The van der Waals surface area contributed by atoms with E-state index in [0.717, 1.165) is 17.6 Å². The molecule has 0 saturated heterocycles. The van der Waals surface area contributed by atoms with Gasteiger partial charge in [0.25, 0.3) is 6.73 Å². The molecule has 0 aromatic carbocycles. The molecule has 158 valence electrons. The zero-order valence-electron chi connectivity index (χ0n) is 17.7. The van der Waals surface area contributed by atoms with Gasteiger partial charge < -0.3 is 15.2 Å². The summed E-state index contributed by atoms with van der Waals surface area (Å²) in [5.74, 6) is -0.856. The van der Waals surface area contributed by atoms with Gasteiger partial charge in [-0.2, -0.15) is 4.57 Å². The van der Waals surface area contributed by atoms with Crippen LogP contribution in [0.5, 0.6) is 0 Å². The fourth-order valence-corrected chi connectivity index (χ4v) is 2.57. The van der Waals surface area contributed by atoms with Gasteiger partial charge in [-0.3, -0.25) is 9.69 Å². The lowest BCUT2D eigenvalue weighted by molar-refractivity contribution is -0.727. The van der Waals surface area contributed by atoms with Crippen LogP contribution in [-0.2, 0) is 22.8 Å². The number of ether oxygens (including phenoxy) is 1. The number of likely N-dealkylation sites (N-methyl/N-ethyl adjacent to an activating group) is 1. The lowest BCUT2D eigenvalue weighted by atomic mass is 10.1. The van der Waals surface area contributed by atoms with Crippen LogP contribution in [0, 0.1) is 0 Å². The molecule has 7 heteroatoms. The standard InChI is InChI=1S/C22H31N3O4/c1-6-7-8-9-17(2)14-18(3)23-22(28)29-16-25-12-10-20(11-13-25)15-24(5)19(4)21(26)27/h6-13,18-19H,1,14-16H2,2-5H3,(H-,23,26,27,28)/p+1/b8-7-,17-9+/t18-,19-/m0/s1. The quantitative estimate of drug-likeness (QED) is 0.439. The molecule has 2 atom stereocenters. The van der Waals surface area contributed by atoms with Crippen molar-refractivity contribution >= 4 is 12.1 Å². The van der Waals surface area contributed by atoms with Gasteiger partial charge in [0.2, 0.25) is 0 Å². The molecule has 1 amide bonds. The number of hydrogen-bond donors (Lipinski definition) is 2. The molecule has 1 aromatic rings. The van der Waals surface area contributed by atoms with E-state index in [1.54, 1.807) is 41.9 Å². The Morgan fingerprint density at radius 1 is 1.31 bits per heavy atom. The highest BCUT2D eigenvalue weighted by Crippen LogP contribution is 2.06. The van der Waals surface area contributed by atoms with Crippen LogP contribution in [0.2, 0.25) is 0 Å². The molecule has 2 N–H and O–H groups in total. The molecule has 0 unspecified atom stereocenters. The fourth-order valence-electron chi connectivity index (χ4n) is 2.57. The van der Waals surface area contributed by atoms with E-state index in [2.05, 4.69) is 11.9 Å². The highest BCUT2D eigenvalue weighted by molar-refractivity contribution is 5.72. The van der Waals surface area contributed by atoms with E-state index in [4.69, 9.17) is 9.84 Å². The molecule has 1 aromatic heterocycles. The van der Waals surface area contributed by atoms with Gasteiger partial charge in [-0.15, -0.1) is 0 Å². The minimum atomic E-state index is -0.856. The number of carboxylic acid groups (broad SMARTS) is 1. The van der Waals surface area contributed by atoms with Crippen LogP contribution in [0.1, 0.15) is 32.8 Å². The van der Waals surface area contributed by atoms with Crippen molar-refractivity contribution in [3.63, 3.8) is 0 Å². The van der Waals surface area contributed by atoms with Crippen LogP contribution in [-0.4, -0.2) is 41.2 Å². The lowest BCUT2D eigenvalue weighted by Crippen LogP contribution is -2.40. The van der Waals surface area contributed by atoms with E-state index in [9.17, 15) is 9.59 Å². The number of aliphatic carboxylic acids is 1. The number of nitrogens with zero attached hydrogens (tertiary/aromatic N) is 2. The summed E-state index contributed by atoms with van der Waals surface area (Å²) in [6.07, 6.45) is 11.3. The molecule has 0 radical (unpaired) electrons. The van der Waals surface area contributed by atoms with Crippen molar-refractivity contribution in [2.75, 3.05) is 7.05 Å². The van der Waals surface area contributed by atoms with Gasteiger partial charge in [0.05, 0.1) is 0 Å². The Kier molecular flexibility index (Phi) is 10.4. The number of carbonyl (C=O) groups is 2. The van der Waals surface area contributed by atoms with Gasteiger partial charge >= 0.3 is 12.1 Å². The van der Waals surface area contributed by atoms with Crippen molar-refractivity contribution in [1.29, 1.82) is 0 Å². The maximum atomic E-state index is 12.0. The predicted octanol–water partition coefficient (Wildman–Crippen LogP) is 3.03. The van der Waals surface area contributed by atoms with Gasteiger partial charge in [0, 0.05) is 24.7 Å². The van der Waals surface area contributed by atoms with Gasteiger partial charge in [-0.25, -0.2) is 4.79 Å². The number of aromatic nitrogens is 1. The lowest BCUT2D eigenvalue weighted by Gasteiger charge is -2.20. The summed E-state index contributed by atoms with van der Waals surface area (Å²) >= 11 is 0.